The van der Waals surface area contributed by atoms with Crippen LogP contribution in [-0.4, -0.2) is 50.1 Å². The largest absolute Gasteiger partial charge is 0.323 e. The van der Waals surface area contributed by atoms with Crippen molar-refractivity contribution in [1.29, 1.82) is 0 Å². The zero-order valence-electron chi connectivity index (χ0n) is 11.8. The Hall–Kier alpha value is -0.900. The van der Waals surface area contributed by atoms with Crippen molar-refractivity contribution in [2.45, 2.75) is 24.9 Å². The minimum absolute atomic E-state index is 0.172. The van der Waals surface area contributed by atoms with Gasteiger partial charge in [0, 0.05) is 12.1 Å². The van der Waals surface area contributed by atoms with Gasteiger partial charge in [-0.3, -0.25) is 0 Å². The third kappa shape index (κ3) is 2.91. The zero-order valence-corrected chi connectivity index (χ0v) is 11.8. The number of nitrogens with zero attached hydrogens (tertiary/aromatic N) is 2. The molecule has 0 radical (unpaired) electrons. The third-order valence-corrected chi connectivity index (χ3v) is 3.94. The molecule has 100 valence electrons. The van der Waals surface area contributed by atoms with Crippen LogP contribution in [0.25, 0.3) is 0 Å². The van der Waals surface area contributed by atoms with E-state index in [1.807, 2.05) is 0 Å². The molecule has 0 heterocycles. The summed E-state index contributed by atoms with van der Waals surface area (Å²) in [7, 11) is 6.44. The van der Waals surface area contributed by atoms with Crippen molar-refractivity contribution in [2.24, 2.45) is 5.73 Å². The summed E-state index contributed by atoms with van der Waals surface area (Å²) in [4.78, 5) is 4.66. The van der Waals surface area contributed by atoms with E-state index in [2.05, 4.69) is 55.2 Å². The lowest BCUT2D eigenvalue weighted by Crippen LogP contribution is -2.39. The Morgan fingerprint density at radius 2 is 1.89 bits per heavy atom. The molecule has 0 fully saturated rings. The molecule has 3 heteroatoms. The molecule has 0 bridgehead atoms. The molecule has 1 aliphatic rings. The summed E-state index contributed by atoms with van der Waals surface area (Å²) in [5.74, 6) is 0. The highest BCUT2D eigenvalue weighted by Crippen LogP contribution is 2.32. The first-order chi connectivity index (χ1) is 8.59. The number of hydrogen-bond donors (Lipinski definition) is 1. The zero-order chi connectivity index (χ0) is 13.1. The van der Waals surface area contributed by atoms with E-state index >= 15 is 0 Å². The minimum Gasteiger partial charge on any atom is -0.323 e. The van der Waals surface area contributed by atoms with Gasteiger partial charge in [-0.15, -0.1) is 0 Å². The molecule has 0 spiro atoms. The van der Waals surface area contributed by atoms with E-state index in [1.54, 1.807) is 0 Å². The van der Waals surface area contributed by atoms with Gasteiger partial charge in [0.1, 0.15) is 0 Å². The Balaban J connectivity index is 1.92. The average molecular weight is 247 g/mol. The number of benzene rings is 1. The molecule has 3 nitrogen and oxygen atoms in total. The number of rotatable bonds is 5. The molecule has 0 aromatic heterocycles. The maximum absolute atomic E-state index is 6.37. The highest BCUT2D eigenvalue weighted by molar-refractivity contribution is 5.36. The Kier molecular flexibility index (Phi) is 4.38. The summed E-state index contributed by atoms with van der Waals surface area (Å²) >= 11 is 0. The first-order valence-electron chi connectivity index (χ1n) is 6.78. The van der Waals surface area contributed by atoms with Crippen LogP contribution in [0.5, 0.6) is 0 Å². The van der Waals surface area contributed by atoms with E-state index < -0.39 is 0 Å². The van der Waals surface area contributed by atoms with Crippen molar-refractivity contribution in [1.82, 2.24) is 9.80 Å². The smallest absolute Gasteiger partial charge is 0.0459 e. The normalized spacial score (nSPS) is 22.8. The van der Waals surface area contributed by atoms with Crippen LogP contribution >= 0.6 is 0 Å². The Bertz CT molecular complexity index is 389. The van der Waals surface area contributed by atoms with Gasteiger partial charge in [-0.05, 0) is 58.2 Å². The fourth-order valence-corrected chi connectivity index (χ4v) is 2.84. The van der Waals surface area contributed by atoms with Gasteiger partial charge < -0.3 is 15.5 Å². The number of hydrogen-bond acceptors (Lipinski definition) is 3. The lowest BCUT2D eigenvalue weighted by Gasteiger charge is -2.28. The molecule has 0 aliphatic heterocycles. The van der Waals surface area contributed by atoms with Crippen LogP contribution in [0, 0.1) is 0 Å². The molecule has 1 aromatic carbocycles. The van der Waals surface area contributed by atoms with E-state index in [-0.39, 0.29) is 6.04 Å². The van der Waals surface area contributed by atoms with E-state index in [9.17, 15) is 0 Å². The maximum atomic E-state index is 6.37. The van der Waals surface area contributed by atoms with E-state index in [0.717, 1.165) is 19.5 Å². The molecule has 0 saturated carbocycles. The highest BCUT2D eigenvalue weighted by atomic mass is 15.2. The molecule has 1 aliphatic carbocycles. The average Bonchev–Trinajstić information content (AvgIpc) is 2.67. The minimum atomic E-state index is 0.172. The standard InChI is InChI=1S/C15H25N3/c1-17(2)9-6-10-18(3)14-11-12-7-4-5-8-13(12)15(14)16/h4-5,7-8,14-15H,6,9-11,16H2,1-3H3. The van der Waals surface area contributed by atoms with Gasteiger partial charge in [0.05, 0.1) is 0 Å². The Morgan fingerprint density at radius 3 is 2.56 bits per heavy atom. The van der Waals surface area contributed by atoms with Crippen molar-refractivity contribution >= 4 is 0 Å². The predicted octanol–water partition coefficient (Wildman–Crippen LogP) is 1.49. The predicted molar refractivity (Wildman–Crippen MR) is 76.7 cm³/mol. The lowest BCUT2D eigenvalue weighted by atomic mass is 10.1. The first-order valence-corrected chi connectivity index (χ1v) is 6.78. The lowest BCUT2D eigenvalue weighted by molar-refractivity contribution is 0.211. The van der Waals surface area contributed by atoms with E-state index in [0.29, 0.717) is 6.04 Å². The van der Waals surface area contributed by atoms with Crippen LogP contribution in [0.15, 0.2) is 24.3 Å². The summed E-state index contributed by atoms with van der Waals surface area (Å²) in [5.41, 5.74) is 9.13. The van der Waals surface area contributed by atoms with Crippen molar-refractivity contribution in [3.05, 3.63) is 35.4 Å². The first kappa shape index (κ1) is 13.5. The summed E-state index contributed by atoms with van der Waals surface area (Å²) in [6.45, 7) is 2.25. The fraction of sp³-hybridized carbons (Fsp3) is 0.600. The molecule has 1 aromatic rings. The van der Waals surface area contributed by atoms with Gasteiger partial charge in [-0.1, -0.05) is 24.3 Å². The van der Waals surface area contributed by atoms with Crippen molar-refractivity contribution in [3.63, 3.8) is 0 Å². The van der Waals surface area contributed by atoms with Gasteiger partial charge in [0.15, 0.2) is 0 Å². The molecule has 2 atom stereocenters. The second kappa shape index (κ2) is 5.83. The number of likely N-dealkylation sites (N-methyl/N-ethyl adjacent to an activating group) is 1. The van der Waals surface area contributed by atoms with Crippen LogP contribution in [-0.2, 0) is 6.42 Å². The van der Waals surface area contributed by atoms with Crippen molar-refractivity contribution < 1.29 is 0 Å². The molecule has 0 saturated heterocycles. The number of fused-ring (bicyclic) bond motifs is 1. The summed E-state index contributed by atoms with van der Waals surface area (Å²) in [6.07, 6.45) is 2.29. The van der Waals surface area contributed by atoms with Gasteiger partial charge in [-0.2, -0.15) is 0 Å². The topological polar surface area (TPSA) is 32.5 Å². The van der Waals surface area contributed by atoms with Crippen LogP contribution in [0.2, 0.25) is 0 Å². The van der Waals surface area contributed by atoms with E-state index in [1.165, 1.54) is 17.5 Å². The van der Waals surface area contributed by atoms with Crippen LogP contribution in [0.3, 0.4) is 0 Å². The Morgan fingerprint density at radius 1 is 1.17 bits per heavy atom. The third-order valence-electron chi connectivity index (χ3n) is 3.94. The second-order valence-electron chi connectivity index (χ2n) is 5.63. The van der Waals surface area contributed by atoms with Gasteiger partial charge in [-0.25, -0.2) is 0 Å². The SMILES string of the molecule is CN(C)CCCN(C)C1Cc2ccccc2C1N. The van der Waals surface area contributed by atoms with Crippen molar-refractivity contribution in [2.75, 3.05) is 34.2 Å². The monoisotopic (exact) mass is 247 g/mol. The quantitative estimate of drug-likeness (QED) is 0.856. The van der Waals surface area contributed by atoms with Crippen LogP contribution < -0.4 is 5.73 Å². The van der Waals surface area contributed by atoms with Gasteiger partial charge in [0.2, 0.25) is 0 Å². The van der Waals surface area contributed by atoms with Gasteiger partial charge >= 0.3 is 0 Å². The molecule has 0 amide bonds. The molecule has 18 heavy (non-hydrogen) atoms. The maximum Gasteiger partial charge on any atom is 0.0459 e. The van der Waals surface area contributed by atoms with Crippen molar-refractivity contribution in [3.8, 4) is 0 Å². The van der Waals surface area contributed by atoms with Gasteiger partial charge in [0.25, 0.3) is 0 Å². The second-order valence-corrected chi connectivity index (χ2v) is 5.63. The molecule has 2 unspecified atom stereocenters. The summed E-state index contributed by atoms with van der Waals surface area (Å²) in [5, 5.41) is 0. The van der Waals surface area contributed by atoms with Crippen LogP contribution in [0.4, 0.5) is 0 Å². The molecule has 2 N–H and O–H groups in total. The van der Waals surface area contributed by atoms with E-state index in [4.69, 9.17) is 5.73 Å². The summed E-state index contributed by atoms with van der Waals surface area (Å²) < 4.78 is 0. The number of nitrogens with two attached hydrogens (primary N) is 1. The van der Waals surface area contributed by atoms with Crippen LogP contribution in [0.1, 0.15) is 23.6 Å². The molecule has 2 rings (SSSR count). The highest BCUT2D eigenvalue weighted by Gasteiger charge is 2.31. The fourth-order valence-electron chi connectivity index (χ4n) is 2.84. The molecular weight excluding hydrogens is 222 g/mol. The summed E-state index contributed by atoms with van der Waals surface area (Å²) in [6, 6.07) is 9.22. The Labute approximate surface area is 111 Å². The molecular formula is C15H25N3.